The number of rotatable bonds is 6. The first-order chi connectivity index (χ1) is 14.9. The van der Waals surface area contributed by atoms with Crippen LogP contribution in [0.5, 0.6) is 5.75 Å². The zero-order chi connectivity index (χ0) is 25.7. The molecule has 1 aromatic carbocycles. The number of nitrogens with zero attached hydrogens (tertiary/aromatic N) is 5. The molecule has 4 N–H and O–H groups in total. The molecule has 190 valence electrons. The van der Waals surface area contributed by atoms with Crippen molar-refractivity contribution in [3.8, 4) is 5.75 Å². The van der Waals surface area contributed by atoms with E-state index >= 15 is 0 Å². The summed E-state index contributed by atoms with van der Waals surface area (Å²) in [7, 11) is 10.1. The summed E-state index contributed by atoms with van der Waals surface area (Å²) >= 11 is 1.23. The van der Waals surface area contributed by atoms with Crippen LogP contribution in [0.2, 0.25) is 0 Å². The normalized spacial score (nSPS) is 9.24. The van der Waals surface area contributed by atoms with Crippen molar-refractivity contribution < 1.29 is 45.9 Å². The summed E-state index contributed by atoms with van der Waals surface area (Å²) in [6.45, 7) is 0. The quantitative estimate of drug-likeness (QED) is 0.154. The van der Waals surface area contributed by atoms with Gasteiger partial charge in [0.2, 0.25) is 19.2 Å². The average molecular weight is 531 g/mol. The van der Waals surface area contributed by atoms with E-state index in [4.69, 9.17) is 10.8 Å². The van der Waals surface area contributed by atoms with Gasteiger partial charge in [-0.15, -0.1) is 5.10 Å². The van der Waals surface area contributed by atoms with Gasteiger partial charge in [-0.25, -0.2) is 4.79 Å². The minimum absolute atomic E-state index is 0. The van der Waals surface area contributed by atoms with Gasteiger partial charge in [-0.3, -0.25) is 14.4 Å². The number of aromatic carboxylic acids is 1. The zero-order valence-corrected chi connectivity index (χ0v) is 21.4. The third-order valence-electron chi connectivity index (χ3n) is 2.49. The van der Waals surface area contributed by atoms with Crippen LogP contribution in [0.4, 0.5) is 0 Å². The van der Waals surface area contributed by atoms with Crippen LogP contribution in [0.25, 0.3) is 0 Å². The molecular weight excluding hydrogens is 499 g/mol. The van der Waals surface area contributed by atoms with Crippen LogP contribution in [-0.4, -0.2) is 110 Å². The molecule has 0 saturated heterocycles. The van der Waals surface area contributed by atoms with Crippen molar-refractivity contribution in [3.05, 3.63) is 29.3 Å². The molecule has 0 atom stereocenters. The Morgan fingerprint density at radius 1 is 0.970 bits per heavy atom. The van der Waals surface area contributed by atoms with Crippen LogP contribution in [0.15, 0.2) is 28.4 Å². The molecule has 0 bridgehead atoms. The van der Waals surface area contributed by atoms with Crippen molar-refractivity contribution in [2.24, 2.45) is 15.9 Å². The van der Waals surface area contributed by atoms with Crippen LogP contribution in [-0.2, 0) is 30.9 Å². The van der Waals surface area contributed by atoms with Crippen LogP contribution in [0, 0.1) is 0 Å². The summed E-state index contributed by atoms with van der Waals surface area (Å²) < 4.78 is 0. The molecule has 0 saturated carbocycles. The molecule has 1 aromatic rings. The van der Waals surface area contributed by atoms with Gasteiger partial charge in [-0.1, -0.05) is 17.8 Å². The predicted molar refractivity (Wildman–Crippen MR) is 127 cm³/mol. The maximum absolute atomic E-state index is 10.7. The Kier molecular flexibility index (Phi) is 26.5. The number of nitrogens with two attached hydrogens (primary N) is 1. The summed E-state index contributed by atoms with van der Waals surface area (Å²) in [5.74, 6) is -1.55. The molecule has 0 aliphatic heterocycles. The number of amides is 3. The monoisotopic (exact) mass is 530 g/mol. The third-order valence-corrected chi connectivity index (χ3v) is 2.99. The number of hydrogen-bond donors (Lipinski definition) is 3. The van der Waals surface area contributed by atoms with E-state index in [9.17, 15) is 24.3 Å². The van der Waals surface area contributed by atoms with E-state index in [2.05, 4.69) is 10.2 Å². The smallest absolute Gasteiger partial charge is 0.339 e. The van der Waals surface area contributed by atoms with Gasteiger partial charge in [0.1, 0.15) is 11.3 Å². The van der Waals surface area contributed by atoms with E-state index in [0.29, 0.717) is 0 Å². The van der Waals surface area contributed by atoms with Crippen molar-refractivity contribution >= 4 is 48.3 Å². The van der Waals surface area contributed by atoms with E-state index in [0.717, 1.165) is 19.2 Å². The van der Waals surface area contributed by atoms with Gasteiger partial charge < -0.3 is 30.6 Å². The van der Waals surface area contributed by atoms with Crippen LogP contribution < -0.4 is 5.73 Å². The molecule has 0 fully saturated rings. The molecule has 33 heavy (non-hydrogen) atoms. The number of thioether (sulfide) groups is 1. The van der Waals surface area contributed by atoms with Gasteiger partial charge in [-0.2, -0.15) is 5.10 Å². The summed E-state index contributed by atoms with van der Waals surface area (Å²) in [5.41, 5.74) is 5.48. The molecule has 1 rings (SSSR count). The second kappa shape index (κ2) is 23.5. The van der Waals surface area contributed by atoms with Crippen LogP contribution >= 0.6 is 11.8 Å². The number of benzene rings is 1. The zero-order valence-electron chi connectivity index (χ0n) is 19.6. The summed E-state index contributed by atoms with van der Waals surface area (Å²) in [5, 5.41) is 25.9. The van der Waals surface area contributed by atoms with Gasteiger partial charge in [-0.05, 0) is 18.4 Å². The molecule has 14 heteroatoms. The van der Waals surface area contributed by atoms with Crippen molar-refractivity contribution in [2.75, 3.05) is 48.5 Å². The molecule has 0 unspecified atom stereocenters. The number of aromatic hydroxyl groups is 1. The average Bonchev–Trinajstić information content (AvgIpc) is 2.75. The number of para-hydroxylation sites is 1. The van der Waals surface area contributed by atoms with Crippen LogP contribution in [0.1, 0.15) is 15.9 Å². The summed E-state index contributed by atoms with van der Waals surface area (Å²) in [6, 6.07) is 4.33. The summed E-state index contributed by atoms with van der Waals surface area (Å²) in [4.78, 5) is 43.4. The number of carbonyl (C=O) groups is 4. The second-order valence-electron chi connectivity index (χ2n) is 6.14. The largest absolute Gasteiger partial charge is 0.506 e. The Hall–Kier alpha value is -3.12. The topological polar surface area (TPSA) is 169 Å². The molecule has 0 spiro atoms. The first-order valence-corrected chi connectivity index (χ1v) is 9.91. The van der Waals surface area contributed by atoms with E-state index in [-0.39, 0.29) is 38.5 Å². The van der Waals surface area contributed by atoms with Crippen molar-refractivity contribution in [1.82, 2.24) is 14.7 Å². The molecule has 0 aliphatic carbocycles. The number of hydrogen-bond acceptors (Lipinski definition) is 8. The third kappa shape index (κ3) is 25.0. The van der Waals surface area contributed by atoms with Crippen molar-refractivity contribution in [2.45, 2.75) is 0 Å². The van der Waals surface area contributed by atoms with Gasteiger partial charge in [0.05, 0.1) is 6.21 Å². The number of carboxylic acids is 1. The first-order valence-electron chi connectivity index (χ1n) is 8.68. The molecule has 0 radical (unpaired) electrons. The summed E-state index contributed by atoms with van der Waals surface area (Å²) in [6.07, 6.45) is 5.24. The van der Waals surface area contributed by atoms with E-state index in [1.165, 1.54) is 50.9 Å². The first kappa shape index (κ1) is 37.2. The molecule has 12 nitrogen and oxygen atoms in total. The predicted octanol–water partition coefficient (Wildman–Crippen LogP) is 0.213. The Balaban J connectivity index is -0.000000216. The number of carbonyl (C=O) groups excluding carboxylic acids is 3. The van der Waals surface area contributed by atoms with E-state index < -0.39 is 5.97 Å². The minimum atomic E-state index is -1.20. The molecule has 0 aliphatic rings. The van der Waals surface area contributed by atoms with E-state index in [1.54, 1.807) is 48.5 Å². The molecular formula is C19H32N6NiO6S. The SMILES string of the molecule is CN(C)C=O.CN(C)C=O.CN(C)C=O.CS/C(N)=N/N=C/c1cccc(C(=O)O)c1O.[Ni]. The maximum atomic E-state index is 10.7. The minimum Gasteiger partial charge on any atom is -0.506 e. The Morgan fingerprint density at radius 2 is 1.36 bits per heavy atom. The molecule has 0 aromatic heterocycles. The standard InChI is InChI=1S/C10H11N3O3S.3C3H7NO.Ni/c1-17-10(11)13-12-5-6-3-2-4-7(8(6)14)9(15)16;3*1-4(2)3-5;/h2-5,14H,1H3,(H2,11,13)(H,15,16);3*3H,1-2H3;/b12-5+;;;;. The fourth-order valence-electron chi connectivity index (χ4n) is 1.03. The Bertz CT molecular complexity index is 732. The van der Waals surface area contributed by atoms with Gasteiger partial charge in [0, 0.05) is 64.3 Å². The maximum Gasteiger partial charge on any atom is 0.339 e. The molecule has 3 amide bonds. The second-order valence-corrected chi connectivity index (χ2v) is 6.97. The number of carboxylic acid groups (broad SMARTS) is 1. The van der Waals surface area contributed by atoms with Gasteiger partial charge in [0.15, 0.2) is 5.17 Å². The number of amidine groups is 1. The molecule has 0 heterocycles. The van der Waals surface area contributed by atoms with Crippen LogP contribution in [0.3, 0.4) is 0 Å². The number of phenols is 1. The van der Waals surface area contributed by atoms with Crippen molar-refractivity contribution in [3.63, 3.8) is 0 Å². The Morgan fingerprint density at radius 3 is 1.67 bits per heavy atom. The van der Waals surface area contributed by atoms with E-state index in [1.807, 2.05) is 0 Å². The van der Waals surface area contributed by atoms with Gasteiger partial charge >= 0.3 is 5.97 Å². The fourth-order valence-corrected chi connectivity index (χ4v) is 1.16. The van der Waals surface area contributed by atoms with Crippen molar-refractivity contribution in [1.29, 1.82) is 0 Å². The van der Waals surface area contributed by atoms with Gasteiger partial charge in [0.25, 0.3) is 0 Å². The Labute approximate surface area is 208 Å². The fraction of sp³-hybridized carbons (Fsp3) is 0.368.